The Morgan fingerprint density at radius 3 is 1.60 bits per heavy atom. The predicted molar refractivity (Wildman–Crippen MR) is 185 cm³/mol. The van der Waals surface area contributed by atoms with E-state index in [1.807, 2.05) is 36.9 Å². The van der Waals surface area contributed by atoms with Crippen LogP contribution in [0.15, 0.2) is 104 Å². The molecule has 0 bridgehead atoms. The summed E-state index contributed by atoms with van der Waals surface area (Å²) >= 11 is 0. The fraction of sp³-hybridized carbons (Fsp3) is 0.316. The van der Waals surface area contributed by atoms with Gasteiger partial charge in [-0.3, -0.25) is 19.9 Å². The fourth-order valence-corrected chi connectivity index (χ4v) is 4.75. The smallest absolute Gasteiger partial charge is 0.0887 e. The number of hydrogen-bond donors (Lipinski definition) is 0. The molecule has 0 radical (unpaired) electrons. The fourth-order valence-electron chi connectivity index (χ4n) is 4.75. The number of nitrogens with zero attached hydrogens (tertiary/aromatic N) is 4. The Morgan fingerprint density at radius 1 is 0.452 bits per heavy atom. The van der Waals surface area contributed by atoms with Crippen LogP contribution in [0.25, 0.3) is 32.6 Å². The van der Waals surface area contributed by atoms with Crippen molar-refractivity contribution in [3.63, 3.8) is 0 Å². The molecule has 4 heteroatoms. The van der Waals surface area contributed by atoms with Crippen LogP contribution in [-0.4, -0.2) is 19.9 Å². The number of pyridine rings is 4. The number of rotatable bonds is 3. The van der Waals surface area contributed by atoms with Gasteiger partial charge < -0.3 is 0 Å². The number of hydrogen-bond acceptors (Lipinski definition) is 4. The molecular formula is C38H50N4. The van der Waals surface area contributed by atoms with Crippen molar-refractivity contribution in [3.05, 3.63) is 121 Å². The van der Waals surface area contributed by atoms with Crippen LogP contribution in [0.5, 0.6) is 0 Å². The van der Waals surface area contributed by atoms with E-state index in [1.165, 1.54) is 38.4 Å². The van der Waals surface area contributed by atoms with Crippen LogP contribution in [-0.2, 0) is 0 Å². The van der Waals surface area contributed by atoms with Gasteiger partial charge in [0.15, 0.2) is 0 Å². The lowest BCUT2D eigenvalue weighted by Gasteiger charge is -2.08. The summed E-state index contributed by atoms with van der Waals surface area (Å²) < 4.78 is 0. The molecule has 2 aromatic carbocycles. The molecule has 0 N–H and O–H groups in total. The van der Waals surface area contributed by atoms with Gasteiger partial charge in [0, 0.05) is 40.9 Å². The average Bonchev–Trinajstić information content (AvgIpc) is 2.96. The topological polar surface area (TPSA) is 51.6 Å². The average molecular weight is 563 g/mol. The molecule has 4 aromatic heterocycles. The van der Waals surface area contributed by atoms with Gasteiger partial charge in [-0.05, 0) is 64.6 Å². The van der Waals surface area contributed by atoms with Gasteiger partial charge in [0.1, 0.15) is 0 Å². The van der Waals surface area contributed by atoms with E-state index in [9.17, 15) is 0 Å². The van der Waals surface area contributed by atoms with Crippen LogP contribution < -0.4 is 0 Å². The van der Waals surface area contributed by atoms with E-state index in [4.69, 9.17) is 0 Å². The predicted octanol–water partition coefficient (Wildman–Crippen LogP) is 11.4. The van der Waals surface area contributed by atoms with Gasteiger partial charge in [-0.1, -0.05) is 106 Å². The molecule has 0 saturated carbocycles. The first-order chi connectivity index (χ1) is 18.9. The van der Waals surface area contributed by atoms with E-state index in [-0.39, 0.29) is 22.3 Å². The van der Waals surface area contributed by atoms with E-state index in [1.54, 1.807) is 6.20 Å². The Balaban J connectivity index is 0.000000304. The molecule has 0 aliphatic carbocycles. The second-order valence-electron chi connectivity index (χ2n) is 10.6. The van der Waals surface area contributed by atoms with Crippen LogP contribution in [0.4, 0.5) is 0 Å². The molecule has 0 amide bonds. The van der Waals surface area contributed by atoms with Crippen molar-refractivity contribution >= 4 is 32.6 Å². The van der Waals surface area contributed by atoms with Gasteiger partial charge in [-0.15, -0.1) is 0 Å². The summed E-state index contributed by atoms with van der Waals surface area (Å²) in [6.07, 6.45) is 9.24. The van der Waals surface area contributed by atoms with Crippen molar-refractivity contribution in [3.8, 4) is 0 Å². The van der Waals surface area contributed by atoms with E-state index in [0.29, 0.717) is 17.8 Å². The van der Waals surface area contributed by atoms with Gasteiger partial charge >= 0.3 is 0 Å². The minimum Gasteiger partial charge on any atom is -0.262 e. The minimum absolute atomic E-state index is 0. The number of aromatic nitrogens is 4. The highest BCUT2D eigenvalue weighted by Gasteiger charge is 2.06. The molecule has 6 rings (SSSR count). The van der Waals surface area contributed by atoms with Crippen molar-refractivity contribution in [2.45, 2.75) is 81.6 Å². The van der Waals surface area contributed by atoms with E-state index in [2.05, 4.69) is 122 Å². The van der Waals surface area contributed by atoms with Crippen molar-refractivity contribution in [2.75, 3.05) is 0 Å². The minimum atomic E-state index is 0. The summed E-state index contributed by atoms with van der Waals surface area (Å²) in [5, 5.41) is 5.05. The SMILES string of the molecule is C.C.C.CC(C)c1ccnc2ccccc12.CC(C)c1ccnc2cnccc12.CC(C)c1nccc2ccccc12. The van der Waals surface area contributed by atoms with E-state index >= 15 is 0 Å². The molecule has 4 heterocycles. The first-order valence-corrected chi connectivity index (χ1v) is 13.7. The standard InChI is InChI=1S/2C12H13N.C11H12N2.3CH4/c1-9(2)10-7-8-13-12-6-4-3-5-11(10)12;1-9(2)12-11-6-4-3-5-10(11)7-8-13-12;1-8(2)9-4-6-13-11-7-12-5-3-10(9)11;;;/h2*3-9H,1-2H3;3-8H,1-2H3;3*1H4. The molecule has 42 heavy (non-hydrogen) atoms. The molecule has 0 saturated heterocycles. The summed E-state index contributed by atoms with van der Waals surface area (Å²) in [5.41, 5.74) is 5.98. The number of para-hydroxylation sites is 1. The molecule has 0 aliphatic rings. The summed E-state index contributed by atoms with van der Waals surface area (Å²) in [6, 6.07) is 24.9. The summed E-state index contributed by atoms with van der Waals surface area (Å²) in [7, 11) is 0. The third-order valence-corrected chi connectivity index (χ3v) is 6.76. The zero-order valence-electron chi connectivity index (χ0n) is 23.8. The van der Waals surface area contributed by atoms with Gasteiger partial charge in [-0.2, -0.15) is 0 Å². The quantitative estimate of drug-likeness (QED) is 0.215. The summed E-state index contributed by atoms with van der Waals surface area (Å²) in [5.74, 6) is 1.59. The maximum absolute atomic E-state index is 4.41. The highest BCUT2D eigenvalue weighted by Crippen LogP contribution is 2.24. The van der Waals surface area contributed by atoms with Crippen LogP contribution in [0.1, 0.15) is 98.4 Å². The third-order valence-electron chi connectivity index (χ3n) is 6.76. The van der Waals surface area contributed by atoms with E-state index in [0.717, 1.165) is 11.0 Å². The first kappa shape index (κ1) is 35.8. The van der Waals surface area contributed by atoms with Crippen molar-refractivity contribution in [1.82, 2.24) is 19.9 Å². The molecule has 4 nitrogen and oxygen atoms in total. The first-order valence-electron chi connectivity index (χ1n) is 13.7. The third kappa shape index (κ3) is 8.66. The van der Waals surface area contributed by atoms with Crippen LogP contribution in [0.3, 0.4) is 0 Å². The Kier molecular flexibility index (Phi) is 14.5. The van der Waals surface area contributed by atoms with Crippen LogP contribution in [0.2, 0.25) is 0 Å². The molecule has 0 fully saturated rings. The zero-order chi connectivity index (χ0) is 27.8. The lowest BCUT2D eigenvalue weighted by atomic mass is 9.99. The lowest BCUT2D eigenvalue weighted by Crippen LogP contribution is -1.92. The molecular weight excluding hydrogens is 512 g/mol. The highest BCUT2D eigenvalue weighted by molar-refractivity contribution is 5.85. The van der Waals surface area contributed by atoms with Gasteiger partial charge in [0.2, 0.25) is 0 Å². The molecule has 0 unspecified atom stereocenters. The second-order valence-corrected chi connectivity index (χ2v) is 10.6. The van der Waals surface area contributed by atoms with Gasteiger partial charge in [-0.25, -0.2) is 0 Å². The number of fused-ring (bicyclic) bond motifs is 3. The Bertz CT molecular complexity index is 1440. The van der Waals surface area contributed by atoms with Crippen molar-refractivity contribution < 1.29 is 0 Å². The normalized spacial score (nSPS) is 10.2. The molecule has 0 aliphatic heterocycles. The molecule has 0 atom stereocenters. The highest BCUT2D eigenvalue weighted by atomic mass is 14.7. The van der Waals surface area contributed by atoms with E-state index < -0.39 is 0 Å². The van der Waals surface area contributed by atoms with Crippen molar-refractivity contribution in [2.24, 2.45) is 0 Å². The monoisotopic (exact) mass is 562 g/mol. The molecule has 6 aromatic rings. The zero-order valence-corrected chi connectivity index (χ0v) is 23.8. The summed E-state index contributed by atoms with van der Waals surface area (Å²) in [6.45, 7) is 13.2. The molecule has 0 spiro atoms. The van der Waals surface area contributed by atoms with Crippen LogP contribution >= 0.6 is 0 Å². The van der Waals surface area contributed by atoms with Crippen molar-refractivity contribution in [1.29, 1.82) is 0 Å². The Hall–Kier alpha value is -4.18. The van der Waals surface area contributed by atoms with Gasteiger partial charge in [0.05, 0.1) is 22.9 Å². The number of benzene rings is 2. The maximum Gasteiger partial charge on any atom is 0.0887 e. The lowest BCUT2D eigenvalue weighted by molar-refractivity contribution is 0.834. The maximum atomic E-state index is 4.41. The summed E-state index contributed by atoms with van der Waals surface area (Å²) in [4.78, 5) is 17.0. The second kappa shape index (κ2) is 16.9. The largest absolute Gasteiger partial charge is 0.262 e. The molecule has 222 valence electrons. The van der Waals surface area contributed by atoms with Gasteiger partial charge in [0.25, 0.3) is 0 Å². The Morgan fingerprint density at radius 2 is 0.976 bits per heavy atom. The van der Waals surface area contributed by atoms with Crippen LogP contribution in [0, 0.1) is 0 Å². The Labute approximate surface area is 254 Å².